The zero-order valence-electron chi connectivity index (χ0n) is 17.3. The van der Waals surface area contributed by atoms with Gasteiger partial charge < -0.3 is 9.32 Å². The average molecular weight is 432 g/mol. The van der Waals surface area contributed by atoms with Gasteiger partial charge in [0.2, 0.25) is 11.8 Å². The number of halogens is 1. The van der Waals surface area contributed by atoms with E-state index in [-0.39, 0.29) is 29.9 Å². The predicted octanol–water partition coefficient (Wildman–Crippen LogP) is 3.48. The van der Waals surface area contributed by atoms with Gasteiger partial charge in [0.15, 0.2) is 0 Å². The highest BCUT2D eigenvalue weighted by atomic mass is 19.1. The second-order valence-electron chi connectivity index (χ2n) is 7.91. The van der Waals surface area contributed by atoms with E-state index in [1.807, 2.05) is 12.1 Å². The summed E-state index contributed by atoms with van der Waals surface area (Å²) in [6.45, 7) is 0.435. The van der Waals surface area contributed by atoms with Crippen molar-refractivity contribution in [2.45, 2.75) is 31.8 Å². The fraction of sp³-hybridized carbons (Fsp3) is 0.250. The molecule has 1 fully saturated rings. The van der Waals surface area contributed by atoms with E-state index in [1.54, 1.807) is 41.6 Å². The van der Waals surface area contributed by atoms with Crippen LogP contribution in [0.15, 0.2) is 70.1 Å². The van der Waals surface area contributed by atoms with E-state index in [2.05, 4.69) is 10.1 Å². The fourth-order valence-electron chi connectivity index (χ4n) is 4.14. The molecule has 1 aliphatic heterocycles. The maximum absolute atomic E-state index is 13.1. The molecule has 1 aliphatic rings. The van der Waals surface area contributed by atoms with Gasteiger partial charge in [0.25, 0.3) is 5.56 Å². The first kappa shape index (κ1) is 20.1. The SMILES string of the molecule is O=C(Cn1ncc2ccccc2c1=O)N1CCC[C@@H]1c1ncc(Cc2ccc(F)cc2)o1. The normalized spacial score (nSPS) is 16.0. The maximum atomic E-state index is 13.1. The van der Waals surface area contributed by atoms with Crippen molar-refractivity contribution in [3.05, 3.63) is 94.3 Å². The van der Waals surface area contributed by atoms with E-state index >= 15 is 0 Å². The van der Waals surface area contributed by atoms with Crippen LogP contribution in [0.5, 0.6) is 0 Å². The van der Waals surface area contributed by atoms with Gasteiger partial charge in [-0.15, -0.1) is 0 Å². The lowest BCUT2D eigenvalue weighted by atomic mass is 10.1. The number of carbonyl (C=O) groups excluding carboxylic acids is 1. The highest BCUT2D eigenvalue weighted by molar-refractivity contribution is 5.81. The first-order valence-electron chi connectivity index (χ1n) is 10.5. The lowest BCUT2D eigenvalue weighted by Crippen LogP contribution is -2.37. The molecule has 0 spiro atoms. The van der Waals surface area contributed by atoms with Gasteiger partial charge in [0.05, 0.1) is 17.8 Å². The van der Waals surface area contributed by atoms with Crippen LogP contribution in [0.4, 0.5) is 4.39 Å². The molecule has 1 amide bonds. The van der Waals surface area contributed by atoms with Crippen LogP contribution in [0.3, 0.4) is 0 Å². The summed E-state index contributed by atoms with van der Waals surface area (Å²) in [5, 5.41) is 5.44. The number of hydrogen-bond acceptors (Lipinski definition) is 5. The number of nitrogens with zero attached hydrogens (tertiary/aromatic N) is 4. The molecule has 0 unspecified atom stereocenters. The Hall–Kier alpha value is -3.81. The molecule has 0 saturated carbocycles. The molecule has 4 aromatic rings. The van der Waals surface area contributed by atoms with Gasteiger partial charge in [-0.25, -0.2) is 14.1 Å². The van der Waals surface area contributed by atoms with E-state index in [0.717, 1.165) is 23.8 Å². The number of hydrogen-bond donors (Lipinski definition) is 0. The van der Waals surface area contributed by atoms with Crippen molar-refractivity contribution < 1.29 is 13.6 Å². The van der Waals surface area contributed by atoms with Crippen LogP contribution in [0.1, 0.15) is 36.1 Å². The highest BCUT2D eigenvalue weighted by Gasteiger charge is 2.33. The van der Waals surface area contributed by atoms with E-state index in [1.165, 1.54) is 16.8 Å². The average Bonchev–Trinajstić information content (AvgIpc) is 3.47. The minimum Gasteiger partial charge on any atom is -0.443 e. The van der Waals surface area contributed by atoms with Gasteiger partial charge in [0.1, 0.15) is 24.2 Å². The van der Waals surface area contributed by atoms with Gasteiger partial charge in [-0.1, -0.05) is 30.3 Å². The molecule has 0 radical (unpaired) electrons. The fourth-order valence-corrected chi connectivity index (χ4v) is 4.14. The molecular weight excluding hydrogens is 411 g/mol. The molecule has 0 bridgehead atoms. The monoisotopic (exact) mass is 432 g/mol. The van der Waals surface area contributed by atoms with Crippen LogP contribution in [0, 0.1) is 5.82 Å². The predicted molar refractivity (Wildman–Crippen MR) is 115 cm³/mol. The Labute approximate surface area is 183 Å². The van der Waals surface area contributed by atoms with Gasteiger partial charge in [-0.3, -0.25) is 9.59 Å². The van der Waals surface area contributed by atoms with Gasteiger partial charge in [-0.05, 0) is 36.6 Å². The first-order chi connectivity index (χ1) is 15.6. The Balaban J connectivity index is 1.32. The third-order valence-corrected chi connectivity index (χ3v) is 5.77. The smallest absolute Gasteiger partial charge is 0.275 e. The lowest BCUT2D eigenvalue weighted by molar-refractivity contribution is -0.133. The molecule has 8 heteroatoms. The van der Waals surface area contributed by atoms with Crippen molar-refractivity contribution in [3.63, 3.8) is 0 Å². The molecule has 7 nitrogen and oxygen atoms in total. The minimum atomic E-state index is -0.287. The van der Waals surface area contributed by atoms with Crippen molar-refractivity contribution in [3.8, 4) is 0 Å². The summed E-state index contributed by atoms with van der Waals surface area (Å²) in [5.41, 5.74) is 0.625. The quantitative estimate of drug-likeness (QED) is 0.482. The third kappa shape index (κ3) is 3.91. The summed E-state index contributed by atoms with van der Waals surface area (Å²) in [6, 6.07) is 13.1. The summed E-state index contributed by atoms with van der Waals surface area (Å²) < 4.78 is 20.2. The highest BCUT2D eigenvalue weighted by Crippen LogP contribution is 2.32. The van der Waals surface area contributed by atoms with Crippen molar-refractivity contribution in [2.75, 3.05) is 6.54 Å². The maximum Gasteiger partial charge on any atom is 0.275 e. The number of oxazole rings is 1. The number of rotatable bonds is 5. The minimum absolute atomic E-state index is 0.136. The standard InChI is InChI=1S/C24H21FN4O3/c25-18-9-7-16(8-10-18)12-19-14-26-23(32-19)21-6-3-11-28(21)22(30)15-29-24(31)20-5-2-1-4-17(20)13-27-29/h1-2,4-5,7-10,13-14,21H,3,6,11-12,15H2/t21-/m1/s1. The molecule has 5 rings (SSSR count). The third-order valence-electron chi connectivity index (χ3n) is 5.77. The van der Waals surface area contributed by atoms with E-state index in [9.17, 15) is 14.0 Å². The first-order valence-corrected chi connectivity index (χ1v) is 10.5. The van der Waals surface area contributed by atoms with E-state index < -0.39 is 0 Å². The largest absolute Gasteiger partial charge is 0.443 e. The molecule has 2 aromatic carbocycles. The number of amides is 1. The van der Waals surface area contributed by atoms with Crippen molar-refractivity contribution in [1.29, 1.82) is 0 Å². The Kier molecular flexibility index (Phi) is 5.26. The Bertz CT molecular complexity index is 1330. The van der Waals surface area contributed by atoms with E-state index in [0.29, 0.717) is 30.0 Å². The Morgan fingerprint density at radius 3 is 2.78 bits per heavy atom. The van der Waals surface area contributed by atoms with Crippen LogP contribution in [0.2, 0.25) is 0 Å². The lowest BCUT2D eigenvalue weighted by Gasteiger charge is -2.22. The van der Waals surface area contributed by atoms with Crippen LogP contribution >= 0.6 is 0 Å². The number of benzene rings is 2. The molecule has 1 atom stereocenters. The molecule has 3 heterocycles. The topological polar surface area (TPSA) is 81.2 Å². The number of fused-ring (bicyclic) bond motifs is 1. The second kappa shape index (κ2) is 8.37. The van der Waals surface area contributed by atoms with Crippen molar-refractivity contribution in [2.24, 2.45) is 0 Å². The van der Waals surface area contributed by atoms with Crippen molar-refractivity contribution in [1.82, 2.24) is 19.7 Å². The second-order valence-corrected chi connectivity index (χ2v) is 7.91. The van der Waals surface area contributed by atoms with Gasteiger partial charge in [-0.2, -0.15) is 5.10 Å². The number of aromatic nitrogens is 3. The molecule has 2 aromatic heterocycles. The van der Waals surface area contributed by atoms with Gasteiger partial charge >= 0.3 is 0 Å². The summed E-state index contributed by atoms with van der Waals surface area (Å²) in [5.74, 6) is 0.646. The molecule has 162 valence electrons. The Morgan fingerprint density at radius 1 is 1.12 bits per heavy atom. The summed E-state index contributed by atoms with van der Waals surface area (Å²) in [4.78, 5) is 31.8. The molecule has 32 heavy (non-hydrogen) atoms. The zero-order valence-corrected chi connectivity index (χ0v) is 17.3. The summed E-state index contributed by atoms with van der Waals surface area (Å²) >= 11 is 0. The number of carbonyl (C=O) groups is 1. The van der Waals surface area contributed by atoms with Crippen LogP contribution < -0.4 is 5.56 Å². The van der Waals surface area contributed by atoms with Crippen LogP contribution in [-0.2, 0) is 17.8 Å². The molecule has 0 aliphatic carbocycles. The molecular formula is C24H21FN4O3. The summed E-state index contributed by atoms with van der Waals surface area (Å²) in [7, 11) is 0. The van der Waals surface area contributed by atoms with Crippen molar-refractivity contribution >= 4 is 16.7 Å². The number of likely N-dealkylation sites (tertiary alicyclic amines) is 1. The molecule has 0 N–H and O–H groups in total. The van der Waals surface area contributed by atoms with Gasteiger partial charge in [0, 0.05) is 18.4 Å². The summed E-state index contributed by atoms with van der Waals surface area (Å²) in [6.07, 6.45) is 5.30. The molecule has 1 saturated heterocycles. The Morgan fingerprint density at radius 2 is 1.94 bits per heavy atom. The van der Waals surface area contributed by atoms with E-state index in [4.69, 9.17) is 4.42 Å². The van der Waals surface area contributed by atoms with Crippen LogP contribution in [0.25, 0.3) is 10.8 Å². The van der Waals surface area contributed by atoms with Crippen LogP contribution in [-0.4, -0.2) is 32.1 Å². The zero-order chi connectivity index (χ0) is 22.1.